The van der Waals surface area contributed by atoms with Gasteiger partial charge >= 0.3 is 0 Å². The summed E-state index contributed by atoms with van der Waals surface area (Å²) in [4.78, 5) is 15.6. The van der Waals surface area contributed by atoms with E-state index in [-0.39, 0.29) is 24.8 Å². The Bertz CT molecular complexity index is 1170. The fourth-order valence-electron chi connectivity index (χ4n) is 5.44. The normalized spacial score (nSPS) is 17.9. The number of fused-ring (bicyclic) bond motifs is 2. The molecule has 2 aliphatic rings. The number of nitrogens with one attached hydrogen (secondary N) is 1. The van der Waals surface area contributed by atoms with Crippen molar-refractivity contribution in [3.05, 3.63) is 76.6 Å². The summed E-state index contributed by atoms with van der Waals surface area (Å²) in [7, 11) is 1.72. The molecule has 0 radical (unpaired) electrons. The number of benzene rings is 2. The van der Waals surface area contributed by atoms with Crippen LogP contribution in [0.4, 0.5) is 0 Å². The van der Waals surface area contributed by atoms with E-state index in [4.69, 9.17) is 14.6 Å². The molecular weight excluding hydrogens is 428 g/mol. The van der Waals surface area contributed by atoms with E-state index in [1.165, 1.54) is 16.8 Å². The Kier molecular flexibility index (Phi) is 6.28. The lowest BCUT2D eigenvalue weighted by Crippen LogP contribution is -2.45. The van der Waals surface area contributed by atoms with E-state index >= 15 is 0 Å². The van der Waals surface area contributed by atoms with Crippen LogP contribution in [0.15, 0.2) is 48.5 Å². The van der Waals surface area contributed by atoms with Crippen LogP contribution in [0.25, 0.3) is 0 Å². The van der Waals surface area contributed by atoms with E-state index in [1.54, 1.807) is 7.05 Å². The molecule has 3 aromatic rings. The lowest BCUT2D eigenvalue weighted by molar-refractivity contribution is -0.127. The molecule has 0 unspecified atom stereocenters. The Morgan fingerprint density at radius 3 is 2.74 bits per heavy atom. The standard InChI is InChI=1S/C27H32N4O3/c1-4-31-22-14-15-30(26(27(32)28-3)20-8-6-5-7-9-20)21(25(22)18(2)29-31)12-10-19-11-13-23-24(16-19)34-17-33-23/h5-9,11,13,16,21,26H,4,10,12,14-15,17H2,1-3H3,(H,28,32)/t21-,26+/m0/s1. The van der Waals surface area contributed by atoms with Gasteiger partial charge in [-0.25, -0.2) is 0 Å². The maximum absolute atomic E-state index is 13.2. The van der Waals surface area contributed by atoms with Gasteiger partial charge in [-0.1, -0.05) is 36.4 Å². The average Bonchev–Trinajstić information content (AvgIpc) is 3.47. The summed E-state index contributed by atoms with van der Waals surface area (Å²) in [6.45, 7) is 6.16. The van der Waals surface area contributed by atoms with Gasteiger partial charge in [-0.2, -0.15) is 5.10 Å². The molecule has 3 heterocycles. The summed E-state index contributed by atoms with van der Waals surface area (Å²) in [5.41, 5.74) is 5.85. The highest BCUT2D eigenvalue weighted by Crippen LogP contribution is 2.41. The highest BCUT2D eigenvalue weighted by atomic mass is 16.7. The van der Waals surface area contributed by atoms with Crippen LogP contribution in [0.5, 0.6) is 11.5 Å². The number of amides is 1. The third-order valence-corrected chi connectivity index (χ3v) is 7.01. The number of carbonyl (C=O) groups excluding carboxylic acids is 1. The Morgan fingerprint density at radius 1 is 1.18 bits per heavy atom. The average molecular weight is 461 g/mol. The molecule has 2 aliphatic heterocycles. The van der Waals surface area contributed by atoms with Crippen LogP contribution in [-0.2, 0) is 24.2 Å². The number of rotatable bonds is 7. The molecule has 0 bridgehead atoms. The van der Waals surface area contributed by atoms with E-state index in [1.807, 2.05) is 36.4 Å². The second-order valence-electron chi connectivity index (χ2n) is 8.92. The van der Waals surface area contributed by atoms with Crippen LogP contribution in [-0.4, -0.2) is 41.0 Å². The van der Waals surface area contributed by atoms with Gasteiger partial charge in [-0.15, -0.1) is 0 Å². The number of carbonyl (C=O) groups is 1. The molecule has 178 valence electrons. The summed E-state index contributed by atoms with van der Waals surface area (Å²) in [6, 6.07) is 16.0. The number of hydrogen-bond donors (Lipinski definition) is 1. The second kappa shape index (κ2) is 9.50. The third-order valence-electron chi connectivity index (χ3n) is 7.01. The van der Waals surface area contributed by atoms with Crippen LogP contribution in [0.1, 0.15) is 53.5 Å². The molecule has 1 aromatic heterocycles. The first-order chi connectivity index (χ1) is 16.6. The fourth-order valence-corrected chi connectivity index (χ4v) is 5.44. The molecule has 0 spiro atoms. The highest BCUT2D eigenvalue weighted by molar-refractivity contribution is 5.83. The predicted molar refractivity (Wildman–Crippen MR) is 130 cm³/mol. The van der Waals surface area contributed by atoms with Gasteiger partial charge in [0.1, 0.15) is 6.04 Å². The number of nitrogens with zero attached hydrogens (tertiary/aromatic N) is 3. The van der Waals surface area contributed by atoms with E-state index in [9.17, 15) is 4.79 Å². The van der Waals surface area contributed by atoms with Gasteiger partial charge < -0.3 is 14.8 Å². The van der Waals surface area contributed by atoms with Crippen molar-refractivity contribution in [1.82, 2.24) is 20.0 Å². The SMILES string of the molecule is CCn1nc(C)c2c1CCN([C@@H](C(=O)NC)c1ccccc1)[C@H]2CCc1ccc2c(c1)OCO2. The van der Waals surface area contributed by atoms with Crippen LogP contribution >= 0.6 is 0 Å². The van der Waals surface area contributed by atoms with Crippen molar-refractivity contribution in [2.75, 3.05) is 20.4 Å². The Labute approximate surface area is 200 Å². The van der Waals surface area contributed by atoms with E-state index < -0.39 is 0 Å². The lowest BCUT2D eigenvalue weighted by atomic mass is 9.88. The first-order valence-corrected chi connectivity index (χ1v) is 12.1. The zero-order chi connectivity index (χ0) is 23.7. The van der Waals surface area contributed by atoms with Gasteiger partial charge in [0.05, 0.1) is 5.69 Å². The van der Waals surface area contributed by atoms with E-state index in [2.05, 4.69) is 40.9 Å². The Morgan fingerprint density at radius 2 is 1.97 bits per heavy atom. The minimum atomic E-state index is -0.356. The number of likely N-dealkylation sites (N-methyl/N-ethyl adjacent to an activating group) is 1. The van der Waals surface area contributed by atoms with Crippen molar-refractivity contribution < 1.29 is 14.3 Å². The lowest BCUT2D eigenvalue weighted by Gasteiger charge is -2.41. The summed E-state index contributed by atoms with van der Waals surface area (Å²) >= 11 is 0. The molecule has 1 amide bonds. The largest absolute Gasteiger partial charge is 0.454 e. The van der Waals surface area contributed by atoms with Gasteiger partial charge in [0.2, 0.25) is 12.7 Å². The van der Waals surface area contributed by atoms with Crippen molar-refractivity contribution >= 4 is 5.91 Å². The molecule has 5 rings (SSSR count). The van der Waals surface area contributed by atoms with Crippen LogP contribution < -0.4 is 14.8 Å². The summed E-state index contributed by atoms with van der Waals surface area (Å²) < 4.78 is 13.2. The molecule has 7 heteroatoms. The number of aryl methyl sites for hydroxylation is 3. The van der Waals surface area contributed by atoms with Crippen LogP contribution in [0.3, 0.4) is 0 Å². The van der Waals surface area contributed by atoms with Gasteiger partial charge in [0.25, 0.3) is 0 Å². The first kappa shape index (κ1) is 22.5. The topological polar surface area (TPSA) is 68.6 Å². The van der Waals surface area contributed by atoms with Gasteiger partial charge in [-0.3, -0.25) is 14.4 Å². The van der Waals surface area contributed by atoms with Gasteiger partial charge in [-0.05, 0) is 49.9 Å². The maximum Gasteiger partial charge on any atom is 0.241 e. The molecule has 7 nitrogen and oxygen atoms in total. The number of hydrogen-bond acceptors (Lipinski definition) is 5. The maximum atomic E-state index is 13.2. The monoisotopic (exact) mass is 460 g/mol. The summed E-state index contributed by atoms with van der Waals surface area (Å²) in [5, 5.41) is 7.75. The summed E-state index contributed by atoms with van der Waals surface area (Å²) in [5.74, 6) is 1.62. The van der Waals surface area contributed by atoms with Gasteiger partial charge in [0, 0.05) is 43.9 Å². The molecule has 2 aromatic carbocycles. The molecule has 0 saturated heterocycles. The molecular formula is C27H32N4O3. The minimum absolute atomic E-state index is 0.0169. The van der Waals surface area contributed by atoms with Crippen molar-refractivity contribution in [2.24, 2.45) is 0 Å². The number of aromatic nitrogens is 2. The van der Waals surface area contributed by atoms with Crippen LogP contribution in [0, 0.1) is 6.92 Å². The van der Waals surface area contributed by atoms with Crippen molar-refractivity contribution in [2.45, 2.75) is 51.7 Å². The van der Waals surface area contributed by atoms with Crippen LogP contribution in [0.2, 0.25) is 0 Å². The fraction of sp³-hybridized carbons (Fsp3) is 0.407. The third kappa shape index (κ3) is 4.05. The second-order valence-corrected chi connectivity index (χ2v) is 8.92. The van der Waals surface area contributed by atoms with E-state index in [0.29, 0.717) is 0 Å². The molecule has 1 N–H and O–H groups in total. The predicted octanol–water partition coefficient (Wildman–Crippen LogP) is 3.96. The Balaban J connectivity index is 1.52. The van der Waals surface area contributed by atoms with E-state index in [0.717, 1.165) is 55.1 Å². The molecule has 34 heavy (non-hydrogen) atoms. The zero-order valence-corrected chi connectivity index (χ0v) is 20.1. The Hall–Kier alpha value is -3.32. The molecule has 0 saturated carbocycles. The summed E-state index contributed by atoms with van der Waals surface area (Å²) in [6.07, 6.45) is 2.62. The minimum Gasteiger partial charge on any atom is -0.454 e. The van der Waals surface area contributed by atoms with Crippen molar-refractivity contribution in [3.63, 3.8) is 0 Å². The van der Waals surface area contributed by atoms with Gasteiger partial charge in [0.15, 0.2) is 11.5 Å². The van der Waals surface area contributed by atoms with Crippen molar-refractivity contribution in [1.29, 1.82) is 0 Å². The van der Waals surface area contributed by atoms with Crippen molar-refractivity contribution in [3.8, 4) is 11.5 Å². The quantitative estimate of drug-likeness (QED) is 0.578. The first-order valence-electron chi connectivity index (χ1n) is 12.1. The molecule has 2 atom stereocenters. The number of ether oxygens (including phenoxy) is 2. The molecule has 0 aliphatic carbocycles. The highest BCUT2D eigenvalue weighted by Gasteiger charge is 2.39. The smallest absolute Gasteiger partial charge is 0.241 e. The zero-order valence-electron chi connectivity index (χ0n) is 20.1. The molecule has 0 fully saturated rings.